The molecule has 4 aliphatic rings. The maximum atomic E-state index is 10.2. The van der Waals surface area contributed by atoms with Gasteiger partial charge in [-0.3, -0.25) is 0 Å². The standard InChI is InChI=1S/C27H46O.C9H21NO.C5H12.C2H6/c1-18(2)7-6-8-19(3)23-11-12-24-22-10-9-20-17-21(28)13-15-26(20,4)25(22)14-16-27(23,24)5;1-3-5-7-9-10(11)8-6-4-2;1-3-5-4-2;1-2/h9,18-19,21-25,28H,6-8,10-17H2,1-5H3;11H,3-9H2,1-2H3;3-5H2,1-2H3;1-2H3. The molecule has 0 radical (unpaired) electrons. The number of rotatable bonds is 14. The minimum absolute atomic E-state index is 0.0766. The zero-order valence-corrected chi connectivity index (χ0v) is 33.3. The first-order valence-electron chi connectivity index (χ1n) is 20.8. The number of fused-ring (bicyclic) bond motifs is 5. The van der Waals surface area contributed by atoms with Crippen LogP contribution in [-0.2, 0) is 0 Å². The summed E-state index contributed by atoms with van der Waals surface area (Å²) < 4.78 is 0. The molecule has 2 N–H and O–H groups in total. The van der Waals surface area contributed by atoms with Gasteiger partial charge in [0.05, 0.1) is 6.10 Å². The van der Waals surface area contributed by atoms with Gasteiger partial charge >= 0.3 is 0 Å². The summed E-state index contributed by atoms with van der Waals surface area (Å²) in [5.41, 5.74) is 2.60. The van der Waals surface area contributed by atoms with E-state index in [1.165, 1.54) is 95.0 Å². The van der Waals surface area contributed by atoms with Crippen LogP contribution in [-0.4, -0.2) is 34.6 Å². The molecule has 274 valence electrons. The molecule has 3 fully saturated rings. The van der Waals surface area contributed by atoms with E-state index in [4.69, 9.17) is 0 Å². The van der Waals surface area contributed by atoms with Gasteiger partial charge in [0.2, 0.25) is 0 Å². The highest BCUT2D eigenvalue weighted by Gasteiger charge is 2.59. The lowest BCUT2D eigenvalue weighted by Gasteiger charge is -2.58. The minimum atomic E-state index is -0.0766. The molecule has 4 aliphatic carbocycles. The number of unbranched alkanes of at least 4 members (excludes halogenated alkanes) is 5. The second kappa shape index (κ2) is 23.1. The van der Waals surface area contributed by atoms with Crippen molar-refractivity contribution in [2.75, 3.05) is 13.1 Å². The van der Waals surface area contributed by atoms with Crippen molar-refractivity contribution in [2.24, 2.45) is 46.3 Å². The number of aliphatic hydroxyl groups is 1. The summed E-state index contributed by atoms with van der Waals surface area (Å²) in [6.45, 7) is 27.0. The first kappa shape index (κ1) is 43.6. The summed E-state index contributed by atoms with van der Waals surface area (Å²) in [7, 11) is 0. The topological polar surface area (TPSA) is 43.7 Å². The first-order chi connectivity index (χ1) is 22.0. The maximum absolute atomic E-state index is 10.2. The lowest BCUT2D eigenvalue weighted by molar-refractivity contribution is -0.0921. The van der Waals surface area contributed by atoms with Crippen molar-refractivity contribution in [3.05, 3.63) is 11.6 Å². The third-order valence-electron chi connectivity index (χ3n) is 12.8. The lowest BCUT2D eigenvalue weighted by Crippen LogP contribution is -2.50. The Morgan fingerprint density at radius 2 is 1.39 bits per heavy atom. The van der Waals surface area contributed by atoms with Crippen LogP contribution >= 0.6 is 0 Å². The number of nitrogens with zero attached hydrogens (tertiary/aromatic N) is 1. The molecule has 0 saturated heterocycles. The van der Waals surface area contributed by atoms with Crippen LogP contribution in [0.3, 0.4) is 0 Å². The van der Waals surface area contributed by atoms with E-state index in [1.54, 1.807) is 5.57 Å². The Morgan fingerprint density at radius 1 is 0.761 bits per heavy atom. The van der Waals surface area contributed by atoms with Crippen LogP contribution in [0.1, 0.15) is 198 Å². The molecule has 0 spiro atoms. The normalized spacial score (nSPS) is 32.0. The Balaban J connectivity index is 0.000000489. The number of hydrogen-bond acceptors (Lipinski definition) is 3. The van der Waals surface area contributed by atoms with Gasteiger partial charge in [-0.2, -0.15) is 5.06 Å². The molecule has 4 rings (SSSR count). The summed E-state index contributed by atoms with van der Waals surface area (Å²) in [6, 6.07) is 0. The van der Waals surface area contributed by atoms with Crippen molar-refractivity contribution in [3.63, 3.8) is 0 Å². The number of allylic oxidation sites excluding steroid dienone is 1. The van der Waals surface area contributed by atoms with Crippen molar-refractivity contribution in [2.45, 2.75) is 204 Å². The zero-order valence-electron chi connectivity index (χ0n) is 33.3. The highest BCUT2D eigenvalue weighted by molar-refractivity contribution is 5.25. The summed E-state index contributed by atoms with van der Waals surface area (Å²) in [5, 5.41) is 20.9. The van der Waals surface area contributed by atoms with E-state index in [9.17, 15) is 10.3 Å². The average molecular weight is 648 g/mol. The van der Waals surface area contributed by atoms with Crippen LogP contribution in [0.15, 0.2) is 11.6 Å². The molecule has 46 heavy (non-hydrogen) atoms. The van der Waals surface area contributed by atoms with Crippen molar-refractivity contribution in [1.82, 2.24) is 5.06 Å². The maximum Gasteiger partial charge on any atom is 0.0577 e. The third kappa shape index (κ3) is 12.8. The highest BCUT2D eigenvalue weighted by Crippen LogP contribution is 2.67. The van der Waals surface area contributed by atoms with Gasteiger partial charge in [0.25, 0.3) is 0 Å². The monoisotopic (exact) mass is 648 g/mol. The SMILES string of the molecule is CC.CC(C)CCCC(C)C1CCC2C3CC=C4CC(O)CCC4(C)C3CCC12C.CCCCC.CCCCCN(O)CCCC. The molecule has 0 heterocycles. The predicted molar refractivity (Wildman–Crippen MR) is 203 cm³/mol. The van der Waals surface area contributed by atoms with Gasteiger partial charge in [-0.1, -0.05) is 146 Å². The molecule has 3 heteroatoms. The second-order valence-electron chi connectivity index (χ2n) is 16.6. The zero-order chi connectivity index (χ0) is 34.8. The Labute approximate surface area is 290 Å². The van der Waals surface area contributed by atoms with Crippen molar-refractivity contribution in [3.8, 4) is 0 Å². The van der Waals surface area contributed by atoms with Crippen molar-refractivity contribution < 1.29 is 10.3 Å². The molecule has 0 aromatic carbocycles. The lowest BCUT2D eigenvalue weighted by atomic mass is 9.47. The highest BCUT2D eigenvalue weighted by atomic mass is 16.5. The van der Waals surface area contributed by atoms with E-state index in [2.05, 4.69) is 68.4 Å². The van der Waals surface area contributed by atoms with Gasteiger partial charge in [-0.15, -0.1) is 0 Å². The van der Waals surface area contributed by atoms with Gasteiger partial charge in [-0.05, 0) is 111 Å². The molecule has 0 aromatic rings. The molecular formula is C43H85NO2. The smallest absolute Gasteiger partial charge is 0.0577 e. The van der Waals surface area contributed by atoms with Crippen LogP contribution in [0, 0.1) is 46.3 Å². The van der Waals surface area contributed by atoms with E-state index >= 15 is 0 Å². The quantitative estimate of drug-likeness (QED) is 0.112. The van der Waals surface area contributed by atoms with Crippen LogP contribution in [0.2, 0.25) is 0 Å². The number of hydrogen-bond donors (Lipinski definition) is 2. The summed E-state index contributed by atoms with van der Waals surface area (Å²) in [6.07, 6.45) is 27.1. The van der Waals surface area contributed by atoms with Gasteiger partial charge in [0.1, 0.15) is 0 Å². The Bertz CT molecular complexity index is 792. The van der Waals surface area contributed by atoms with E-state index in [-0.39, 0.29) is 6.10 Å². The predicted octanol–water partition coefficient (Wildman–Crippen LogP) is 13.3. The number of hydroxylamine groups is 2. The van der Waals surface area contributed by atoms with Gasteiger partial charge in [-0.25, -0.2) is 0 Å². The Kier molecular flexibility index (Phi) is 21.9. The molecule has 8 atom stereocenters. The molecule has 0 aliphatic heterocycles. The van der Waals surface area contributed by atoms with Crippen LogP contribution in [0.4, 0.5) is 0 Å². The minimum Gasteiger partial charge on any atom is -0.393 e. The van der Waals surface area contributed by atoms with Gasteiger partial charge in [0.15, 0.2) is 0 Å². The second-order valence-corrected chi connectivity index (χ2v) is 16.6. The van der Waals surface area contributed by atoms with Gasteiger partial charge < -0.3 is 10.3 Å². The molecule has 3 saturated carbocycles. The van der Waals surface area contributed by atoms with Crippen molar-refractivity contribution >= 4 is 0 Å². The molecule has 0 aromatic heterocycles. The van der Waals surface area contributed by atoms with Gasteiger partial charge in [0, 0.05) is 13.1 Å². The fourth-order valence-electron chi connectivity index (χ4n) is 10.0. The molecule has 0 amide bonds. The fourth-order valence-corrected chi connectivity index (χ4v) is 10.0. The van der Waals surface area contributed by atoms with E-state index in [0.29, 0.717) is 10.8 Å². The Hall–Kier alpha value is -0.380. The fraction of sp³-hybridized carbons (Fsp3) is 0.953. The Morgan fingerprint density at radius 3 is 1.98 bits per heavy atom. The van der Waals surface area contributed by atoms with Crippen LogP contribution < -0.4 is 0 Å². The van der Waals surface area contributed by atoms with E-state index in [1.807, 2.05) is 13.8 Å². The van der Waals surface area contributed by atoms with Crippen LogP contribution in [0.25, 0.3) is 0 Å². The molecule has 3 nitrogen and oxygen atoms in total. The molecule has 8 unspecified atom stereocenters. The van der Waals surface area contributed by atoms with Crippen molar-refractivity contribution in [1.29, 1.82) is 0 Å². The summed E-state index contributed by atoms with van der Waals surface area (Å²) >= 11 is 0. The largest absolute Gasteiger partial charge is 0.393 e. The molecule has 0 bridgehead atoms. The molecular weight excluding hydrogens is 562 g/mol. The average Bonchev–Trinajstić information content (AvgIpc) is 3.39. The third-order valence-corrected chi connectivity index (χ3v) is 12.8. The van der Waals surface area contributed by atoms with E-state index in [0.717, 1.165) is 80.7 Å². The van der Waals surface area contributed by atoms with Crippen LogP contribution in [0.5, 0.6) is 0 Å². The first-order valence-corrected chi connectivity index (χ1v) is 20.8. The summed E-state index contributed by atoms with van der Waals surface area (Å²) in [5.74, 6) is 5.46. The summed E-state index contributed by atoms with van der Waals surface area (Å²) in [4.78, 5) is 0. The van der Waals surface area contributed by atoms with E-state index < -0.39 is 0 Å². The number of aliphatic hydroxyl groups excluding tert-OH is 1.